The van der Waals surface area contributed by atoms with E-state index in [0.717, 1.165) is 54.6 Å². The van der Waals surface area contributed by atoms with Crippen LogP contribution in [0.25, 0.3) is 0 Å². The highest BCUT2D eigenvalue weighted by atomic mass is 35.5. The number of halogens is 1. The molecule has 3 aliphatic rings. The summed E-state index contributed by atoms with van der Waals surface area (Å²) in [7, 11) is 0. The van der Waals surface area contributed by atoms with Crippen LogP contribution in [0.2, 0.25) is 5.02 Å². The van der Waals surface area contributed by atoms with Gasteiger partial charge in [0.05, 0.1) is 11.6 Å². The summed E-state index contributed by atoms with van der Waals surface area (Å²) in [6.07, 6.45) is 7.72. The molecule has 0 spiro atoms. The molecule has 2 fully saturated rings. The quantitative estimate of drug-likeness (QED) is 0.595. The lowest BCUT2D eigenvalue weighted by atomic mass is 9.90. The van der Waals surface area contributed by atoms with Gasteiger partial charge in [0.25, 0.3) is 5.91 Å². The molecular weight excluding hydrogens is 452 g/mol. The minimum atomic E-state index is -0.557. The zero-order valence-electron chi connectivity index (χ0n) is 20.0. The van der Waals surface area contributed by atoms with Gasteiger partial charge < -0.3 is 14.5 Å². The third kappa shape index (κ3) is 4.76. The van der Waals surface area contributed by atoms with Crippen molar-refractivity contribution in [2.45, 2.75) is 77.0 Å². The van der Waals surface area contributed by atoms with E-state index in [0.29, 0.717) is 36.1 Å². The second-order valence-corrected chi connectivity index (χ2v) is 11.0. The van der Waals surface area contributed by atoms with Gasteiger partial charge in [0.15, 0.2) is 0 Å². The molecule has 0 bridgehead atoms. The average molecular weight is 483 g/mol. The van der Waals surface area contributed by atoms with E-state index in [-0.39, 0.29) is 18.0 Å². The summed E-state index contributed by atoms with van der Waals surface area (Å²) in [4.78, 5) is 38.7. The van der Waals surface area contributed by atoms with Gasteiger partial charge in [0.2, 0.25) is 0 Å². The van der Waals surface area contributed by atoms with Gasteiger partial charge in [0, 0.05) is 43.0 Å². The summed E-state index contributed by atoms with van der Waals surface area (Å²) < 4.78 is 5.67. The van der Waals surface area contributed by atoms with Crippen molar-refractivity contribution in [2.24, 2.45) is 0 Å². The van der Waals surface area contributed by atoms with Crippen molar-refractivity contribution < 1.29 is 14.3 Å². The smallest absolute Gasteiger partial charge is 0.410 e. The lowest BCUT2D eigenvalue weighted by Crippen LogP contribution is -2.39. The maximum absolute atomic E-state index is 13.3. The van der Waals surface area contributed by atoms with E-state index < -0.39 is 5.60 Å². The Morgan fingerprint density at radius 2 is 1.82 bits per heavy atom. The summed E-state index contributed by atoms with van der Waals surface area (Å²) in [6, 6.07) is 3.83. The molecule has 180 valence electrons. The van der Waals surface area contributed by atoms with Gasteiger partial charge in [-0.2, -0.15) is 0 Å². The van der Waals surface area contributed by atoms with Crippen LogP contribution in [-0.4, -0.2) is 50.5 Å². The summed E-state index contributed by atoms with van der Waals surface area (Å²) in [5.74, 6) is 1.22. The van der Waals surface area contributed by atoms with Gasteiger partial charge in [-0.1, -0.05) is 11.6 Å². The number of aromatic nitrogens is 2. The Labute approximate surface area is 205 Å². The van der Waals surface area contributed by atoms with Crippen LogP contribution in [0, 0.1) is 0 Å². The molecule has 1 aromatic heterocycles. The average Bonchev–Trinajstić information content (AvgIpc) is 3.52. The first kappa shape index (κ1) is 23.1. The van der Waals surface area contributed by atoms with Crippen molar-refractivity contribution in [2.75, 3.05) is 13.1 Å². The maximum atomic E-state index is 13.3. The SMILES string of the molecule is CC(C)(C)OC(=O)N1CCCC1c1cc(Cl)cc2c1CN(C(=O)c1cnc(C3CC3)nc1)CC2. The van der Waals surface area contributed by atoms with Crippen LogP contribution in [0.5, 0.6) is 0 Å². The number of likely N-dealkylation sites (tertiary alicyclic amines) is 1. The van der Waals surface area contributed by atoms with Crippen LogP contribution in [0.1, 0.15) is 91.3 Å². The van der Waals surface area contributed by atoms with E-state index in [9.17, 15) is 9.59 Å². The Bertz CT molecular complexity index is 1110. The van der Waals surface area contributed by atoms with Crippen molar-refractivity contribution in [3.05, 3.63) is 57.6 Å². The van der Waals surface area contributed by atoms with Crippen molar-refractivity contribution in [3.63, 3.8) is 0 Å². The molecule has 0 radical (unpaired) electrons. The fraction of sp³-hybridized carbons (Fsp3) is 0.538. The van der Waals surface area contributed by atoms with Crippen LogP contribution < -0.4 is 0 Å². The van der Waals surface area contributed by atoms with Crippen molar-refractivity contribution in [1.29, 1.82) is 0 Å². The fourth-order valence-corrected chi connectivity index (χ4v) is 5.19. The van der Waals surface area contributed by atoms with Gasteiger partial charge in [-0.05, 0) is 81.7 Å². The van der Waals surface area contributed by atoms with Gasteiger partial charge in [-0.15, -0.1) is 0 Å². The van der Waals surface area contributed by atoms with E-state index in [1.165, 1.54) is 0 Å². The Morgan fingerprint density at radius 3 is 2.50 bits per heavy atom. The third-order valence-electron chi connectivity index (χ3n) is 6.73. The first-order chi connectivity index (χ1) is 16.2. The maximum Gasteiger partial charge on any atom is 0.410 e. The molecule has 2 amide bonds. The standard InChI is InChI=1S/C26H31ClN4O3/c1-26(2,3)34-25(33)31-9-4-5-22(31)20-12-19(27)11-17-8-10-30(15-21(17)20)24(32)18-13-28-23(29-14-18)16-6-7-16/h11-14,16,22H,4-10,15H2,1-3H3. The van der Waals surface area contributed by atoms with Crippen molar-refractivity contribution >= 4 is 23.6 Å². The van der Waals surface area contributed by atoms with Crippen molar-refractivity contribution in [3.8, 4) is 0 Å². The summed E-state index contributed by atoms with van der Waals surface area (Å²) in [5.41, 5.74) is 3.20. The zero-order valence-corrected chi connectivity index (χ0v) is 20.8. The highest BCUT2D eigenvalue weighted by molar-refractivity contribution is 6.30. The Morgan fingerprint density at radius 1 is 1.09 bits per heavy atom. The number of hydrogen-bond acceptors (Lipinski definition) is 5. The van der Waals surface area contributed by atoms with Crippen molar-refractivity contribution in [1.82, 2.24) is 19.8 Å². The molecule has 1 atom stereocenters. The van der Waals surface area contributed by atoms with Crippen LogP contribution in [0.4, 0.5) is 4.79 Å². The largest absolute Gasteiger partial charge is 0.444 e. The van der Waals surface area contributed by atoms with E-state index in [2.05, 4.69) is 9.97 Å². The number of benzene rings is 1. The molecule has 1 saturated heterocycles. The lowest BCUT2D eigenvalue weighted by Gasteiger charge is -2.34. The summed E-state index contributed by atoms with van der Waals surface area (Å²) in [6.45, 7) is 7.36. The first-order valence-corrected chi connectivity index (χ1v) is 12.5. The predicted molar refractivity (Wildman–Crippen MR) is 129 cm³/mol. The number of carbonyl (C=O) groups is 2. The minimum absolute atomic E-state index is 0.0654. The van der Waals surface area contributed by atoms with E-state index in [1.807, 2.05) is 42.7 Å². The van der Waals surface area contributed by atoms with E-state index in [4.69, 9.17) is 16.3 Å². The number of rotatable bonds is 3. The van der Waals surface area contributed by atoms with Crippen LogP contribution in [0.15, 0.2) is 24.5 Å². The fourth-order valence-electron chi connectivity index (χ4n) is 4.94. The highest BCUT2D eigenvalue weighted by Crippen LogP contribution is 2.40. The highest BCUT2D eigenvalue weighted by Gasteiger charge is 2.36. The second-order valence-electron chi connectivity index (χ2n) is 10.5. The number of nitrogens with zero attached hydrogens (tertiary/aromatic N) is 4. The Hall–Kier alpha value is -2.67. The Balaban J connectivity index is 1.40. The number of carbonyl (C=O) groups excluding carboxylic acids is 2. The summed E-state index contributed by atoms with van der Waals surface area (Å²) >= 11 is 6.50. The normalized spacial score (nSPS) is 20.3. The van der Waals surface area contributed by atoms with Crippen LogP contribution >= 0.6 is 11.6 Å². The second kappa shape index (κ2) is 8.84. The lowest BCUT2D eigenvalue weighted by molar-refractivity contribution is 0.0222. The molecule has 2 aromatic rings. The molecular formula is C26H31ClN4O3. The number of ether oxygens (including phenoxy) is 1. The first-order valence-electron chi connectivity index (χ1n) is 12.1. The van der Waals surface area contributed by atoms with Crippen LogP contribution in [-0.2, 0) is 17.7 Å². The number of amides is 2. The molecule has 1 aromatic carbocycles. The van der Waals surface area contributed by atoms with Gasteiger partial charge in [-0.25, -0.2) is 14.8 Å². The molecule has 1 unspecified atom stereocenters. The molecule has 0 N–H and O–H groups in total. The monoisotopic (exact) mass is 482 g/mol. The molecule has 1 saturated carbocycles. The minimum Gasteiger partial charge on any atom is -0.444 e. The molecule has 8 heteroatoms. The Kier molecular flexibility index (Phi) is 6.00. The molecule has 34 heavy (non-hydrogen) atoms. The third-order valence-corrected chi connectivity index (χ3v) is 6.95. The number of hydrogen-bond donors (Lipinski definition) is 0. The molecule has 7 nitrogen and oxygen atoms in total. The number of fused-ring (bicyclic) bond motifs is 1. The van der Waals surface area contributed by atoms with Gasteiger partial charge in [0.1, 0.15) is 11.4 Å². The topological polar surface area (TPSA) is 75.6 Å². The van der Waals surface area contributed by atoms with Gasteiger partial charge in [-0.3, -0.25) is 4.79 Å². The molecule has 5 rings (SSSR count). The molecule has 1 aliphatic carbocycles. The van der Waals surface area contributed by atoms with Crippen LogP contribution in [0.3, 0.4) is 0 Å². The molecule has 2 aliphatic heterocycles. The van der Waals surface area contributed by atoms with E-state index in [1.54, 1.807) is 12.4 Å². The van der Waals surface area contributed by atoms with E-state index >= 15 is 0 Å². The predicted octanol–water partition coefficient (Wildman–Crippen LogP) is 5.28. The van der Waals surface area contributed by atoms with Gasteiger partial charge >= 0.3 is 6.09 Å². The molecule has 3 heterocycles. The summed E-state index contributed by atoms with van der Waals surface area (Å²) in [5, 5.41) is 0.661. The zero-order chi connectivity index (χ0) is 24.0.